The number of likely N-dealkylation sites (N-methyl/N-ethyl adjacent to an activating group) is 1. The molecule has 0 fully saturated rings. The van der Waals surface area contributed by atoms with Gasteiger partial charge in [0, 0.05) is 17.3 Å². The van der Waals surface area contributed by atoms with Crippen LogP contribution < -0.4 is 10.6 Å². The maximum absolute atomic E-state index is 12.2. The van der Waals surface area contributed by atoms with Crippen LogP contribution in [0.4, 0.5) is 10.5 Å². The van der Waals surface area contributed by atoms with Crippen LogP contribution in [0, 0.1) is 11.3 Å². The normalized spacial score (nSPS) is 11.7. The van der Waals surface area contributed by atoms with Crippen LogP contribution in [0.1, 0.15) is 31.0 Å². The van der Waals surface area contributed by atoms with Crippen molar-refractivity contribution >= 4 is 23.3 Å². The average Bonchev–Trinajstić information content (AvgIpc) is 2.66. The zero-order valence-corrected chi connectivity index (χ0v) is 15.8. The minimum atomic E-state index is -0.293. The fourth-order valence-corrected chi connectivity index (χ4v) is 3.10. The minimum absolute atomic E-state index is 0.00888. The maximum atomic E-state index is 12.2. The summed E-state index contributed by atoms with van der Waals surface area (Å²) in [4.78, 5) is 14.5. The van der Waals surface area contributed by atoms with Gasteiger partial charge in [0.2, 0.25) is 0 Å². The van der Waals surface area contributed by atoms with Crippen LogP contribution in [0.3, 0.4) is 0 Å². The molecule has 0 unspecified atom stereocenters. The van der Waals surface area contributed by atoms with E-state index in [2.05, 4.69) is 35.5 Å². The van der Waals surface area contributed by atoms with Crippen LogP contribution >= 0.6 is 11.6 Å². The first kappa shape index (κ1) is 19.8. The standard InChI is InChI=1S/C20H23ClN4O/c1-3-25(4-2)19(17-7-5-6-8-18(17)21)14-23-20(26)24-16-11-9-15(13-22)10-12-16/h5-12,19H,3-4,14H2,1-2H3,(H2,23,24,26)/t19-/m1/s1. The van der Waals surface area contributed by atoms with Crippen LogP contribution in [-0.2, 0) is 0 Å². The highest BCUT2D eigenvalue weighted by molar-refractivity contribution is 6.31. The third kappa shape index (κ3) is 5.22. The smallest absolute Gasteiger partial charge is 0.319 e. The van der Waals surface area contributed by atoms with E-state index in [4.69, 9.17) is 16.9 Å². The molecule has 0 spiro atoms. The van der Waals surface area contributed by atoms with Gasteiger partial charge in [-0.15, -0.1) is 0 Å². The molecule has 0 heterocycles. The van der Waals surface area contributed by atoms with Crippen molar-refractivity contribution in [3.63, 3.8) is 0 Å². The Morgan fingerprint density at radius 3 is 2.38 bits per heavy atom. The van der Waals surface area contributed by atoms with Crippen molar-refractivity contribution < 1.29 is 4.79 Å². The second kappa shape index (κ2) is 9.81. The van der Waals surface area contributed by atoms with Crippen molar-refractivity contribution in [2.75, 3.05) is 25.0 Å². The second-order valence-corrected chi connectivity index (χ2v) is 6.19. The molecule has 2 amide bonds. The lowest BCUT2D eigenvalue weighted by molar-refractivity contribution is 0.210. The number of rotatable bonds is 7. The second-order valence-electron chi connectivity index (χ2n) is 5.78. The summed E-state index contributed by atoms with van der Waals surface area (Å²) in [6, 6.07) is 16.2. The Hall–Kier alpha value is -2.55. The van der Waals surface area contributed by atoms with E-state index in [-0.39, 0.29) is 12.1 Å². The highest BCUT2D eigenvalue weighted by atomic mass is 35.5. The first-order valence-corrected chi connectivity index (χ1v) is 9.00. The van der Waals surface area contributed by atoms with Gasteiger partial charge in [0.1, 0.15) is 0 Å². The molecular formula is C20H23ClN4O. The summed E-state index contributed by atoms with van der Waals surface area (Å²) in [5.74, 6) is 0. The minimum Gasteiger partial charge on any atom is -0.336 e. The van der Waals surface area contributed by atoms with Gasteiger partial charge in [-0.05, 0) is 49.0 Å². The Kier molecular flexibility index (Phi) is 7.46. The Labute approximate surface area is 159 Å². The van der Waals surface area contributed by atoms with E-state index < -0.39 is 0 Å². The van der Waals surface area contributed by atoms with E-state index in [0.29, 0.717) is 22.8 Å². The molecule has 0 radical (unpaired) electrons. The highest BCUT2D eigenvalue weighted by Gasteiger charge is 2.21. The Morgan fingerprint density at radius 1 is 1.15 bits per heavy atom. The molecule has 1 atom stereocenters. The topological polar surface area (TPSA) is 68.2 Å². The van der Waals surface area contributed by atoms with Crippen molar-refractivity contribution in [3.8, 4) is 6.07 Å². The SMILES string of the molecule is CCN(CC)[C@H](CNC(=O)Nc1ccc(C#N)cc1)c1ccccc1Cl. The predicted molar refractivity (Wildman–Crippen MR) is 105 cm³/mol. The molecule has 2 N–H and O–H groups in total. The maximum Gasteiger partial charge on any atom is 0.319 e. The quantitative estimate of drug-likeness (QED) is 0.758. The summed E-state index contributed by atoms with van der Waals surface area (Å²) in [6.45, 7) is 6.32. The fraction of sp³-hybridized carbons (Fsp3) is 0.300. The Balaban J connectivity index is 2.05. The molecule has 5 nitrogen and oxygen atoms in total. The molecule has 0 aliphatic rings. The van der Waals surface area contributed by atoms with Crippen molar-refractivity contribution in [1.29, 1.82) is 5.26 Å². The number of anilines is 1. The van der Waals surface area contributed by atoms with Crippen molar-refractivity contribution in [2.24, 2.45) is 0 Å². The van der Waals surface area contributed by atoms with Gasteiger partial charge in [0.05, 0.1) is 17.7 Å². The summed E-state index contributed by atoms with van der Waals surface area (Å²) >= 11 is 6.37. The molecular weight excluding hydrogens is 348 g/mol. The van der Waals surface area contributed by atoms with E-state index in [1.54, 1.807) is 24.3 Å². The third-order valence-corrected chi connectivity index (χ3v) is 4.59. The summed E-state index contributed by atoms with van der Waals surface area (Å²) in [6.07, 6.45) is 0. The molecule has 0 aliphatic carbocycles. The number of nitrogens with one attached hydrogen (secondary N) is 2. The summed E-state index contributed by atoms with van der Waals surface area (Å²) in [5.41, 5.74) is 2.19. The van der Waals surface area contributed by atoms with Crippen LogP contribution in [-0.4, -0.2) is 30.6 Å². The number of carbonyl (C=O) groups excluding carboxylic acids is 1. The molecule has 0 bridgehead atoms. The van der Waals surface area contributed by atoms with Crippen LogP contribution in [0.15, 0.2) is 48.5 Å². The van der Waals surface area contributed by atoms with E-state index in [0.717, 1.165) is 18.7 Å². The molecule has 2 aromatic carbocycles. The lowest BCUT2D eigenvalue weighted by Crippen LogP contribution is -2.39. The number of hydrogen-bond donors (Lipinski definition) is 2. The average molecular weight is 371 g/mol. The number of carbonyl (C=O) groups is 1. The van der Waals surface area contributed by atoms with Crippen molar-refractivity contribution in [2.45, 2.75) is 19.9 Å². The number of hydrogen-bond acceptors (Lipinski definition) is 3. The van der Waals surface area contributed by atoms with Crippen molar-refractivity contribution in [3.05, 3.63) is 64.7 Å². The van der Waals surface area contributed by atoms with Gasteiger partial charge in [0.25, 0.3) is 0 Å². The summed E-state index contributed by atoms with van der Waals surface area (Å²) in [7, 11) is 0. The van der Waals surface area contributed by atoms with Crippen molar-refractivity contribution in [1.82, 2.24) is 10.2 Å². The molecule has 136 valence electrons. The number of nitriles is 1. The van der Waals surface area contributed by atoms with E-state index in [1.807, 2.05) is 24.3 Å². The molecule has 26 heavy (non-hydrogen) atoms. The Bertz CT molecular complexity index is 766. The highest BCUT2D eigenvalue weighted by Crippen LogP contribution is 2.27. The Morgan fingerprint density at radius 2 is 1.81 bits per heavy atom. The summed E-state index contributed by atoms with van der Waals surface area (Å²) in [5, 5.41) is 15.2. The lowest BCUT2D eigenvalue weighted by atomic mass is 10.0. The molecule has 2 aromatic rings. The van der Waals surface area contributed by atoms with Gasteiger partial charge in [-0.25, -0.2) is 4.79 Å². The largest absolute Gasteiger partial charge is 0.336 e. The lowest BCUT2D eigenvalue weighted by Gasteiger charge is -2.30. The van der Waals surface area contributed by atoms with Crippen LogP contribution in [0.2, 0.25) is 5.02 Å². The molecule has 2 rings (SSSR count). The molecule has 0 aliphatic heterocycles. The molecule has 6 heteroatoms. The number of halogens is 1. The number of benzene rings is 2. The fourth-order valence-electron chi connectivity index (χ4n) is 2.84. The number of urea groups is 1. The predicted octanol–water partition coefficient (Wildman–Crippen LogP) is 4.42. The molecule has 0 saturated heterocycles. The monoisotopic (exact) mass is 370 g/mol. The van der Waals surface area contributed by atoms with Gasteiger partial charge in [-0.3, -0.25) is 4.90 Å². The first-order chi connectivity index (χ1) is 12.6. The number of amides is 2. The van der Waals surface area contributed by atoms with Gasteiger partial charge in [-0.1, -0.05) is 43.6 Å². The van der Waals surface area contributed by atoms with E-state index in [1.165, 1.54) is 0 Å². The van der Waals surface area contributed by atoms with E-state index >= 15 is 0 Å². The molecule has 0 aromatic heterocycles. The zero-order chi connectivity index (χ0) is 18.9. The number of nitrogens with zero attached hydrogens (tertiary/aromatic N) is 2. The van der Waals surface area contributed by atoms with Crippen LogP contribution in [0.5, 0.6) is 0 Å². The van der Waals surface area contributed by atoms with Gasteiger partial charge in [-0.2, -0.15) is 5.26 Å². The van der Waals surface area contributed by atoms with Crippen LogP contribution in [0.25, 0.3) is 0 Å². The van der Waals surface area contributed by atoms with Gasteiger partial charge >= 0.3 is 6.03 Å². The summed E-state index contributed by atoms with van der Waals surface area (Å²) < 4.78 is 0. The first-order valence-electron chi connectivity index (χ1n) is 8.62. The molecule has 0 saturated carbocycles. The van der Waals surface area contributed by atoms with E-state index in [9.17, 15) is 4.79 Å². The third-order valence-electron chi connectivity index (χ3n) is 4.25. The van der Waals surface area contributed by atoms with Gasteiger partial charge in [0.15, 0.2) is 0 Å². The van der Waals surface area contributed by atoms with Gasteiger partial charge < -0.3 is 10.6 Å². The zero-order valence-electron chi connectivity index (χ0n) is 15.0.